The molecule has 0 amide bonds. The molecular formula is C9H17N. The van der Waals surface area contributed by atoms with Crippen LogP contribution >= 0.6 is 0 Å². The minimum Gasteiger partial charge on any atom is -0.317 e. The minimum atomic E-state index is 0.735. The summed E-state index contributed by atoms with van der Waals surface area (Å²) in [6, 6.07) is 0.735. The van der Waals surface area contributed by atoms with Gasteiger partial charge >= 0.3 is 0 Å². The predicted molar refractivity (Wildman–Crippen MR) is 45.1 cm³/mol. The Balaban J connectivity index is 2.43. The molecule has 1 unspecified atom stereocenters. The van der Waals surface area contributed by atoms with Crippen molar-refractivity contribution in [2.45, 2.75) is 38.6 Å². The summed E-state index contributed by atoms with van der Waals surface area (Å²) in [5, 5.41) is 3.33. The maximum absolute atomic E-state index is 3.33. The van der Waals surface area contributed by atoms with Gasteiger partial charge in [-0.25, -0.2) is 0 Å². The largest absolute Gasteiger partial charge is 0.317 e. The van der Waals surface area contributed by atoms with Gasteiger partial charge in [0.25, 0.3) is 0 Å². The fourth-order valence-electron chi connectivity index (χ4n) is 1.53. The van der Waals surface area contributed by atoms with Crippen molar-refractivity contribution in [2.75, 3.05) is 7.05 Å². The van der Waals surface area contributed by atoms with E-state index in [0.29, 0.717) is 0 Å². The average Bonchev–Trinajstić information content (AvgIpc) is 2.13. The summed E-state index contributed by atoms with van der Waals surface area (Å²) in [7, 11) is 2.06. The summed E-state index contributed by atoms with van der Waals surface area (Å²) in [6.07, 6.45) is 7.59. The minimum absolute atomic E-state index is 0.735. The predicted octanol–water partition coefficient (Wildman–Crippen LogP) is 2.09. The van der Waals surface area contributed by atoms with Crippen molar-refractivity contribution < 1.29 is 0 Å². The molecule has 0 fully saturated rings. The van der Waals surface area contributed by atoms with E-state index in [9.17, 15) is 0 Å². The maximum atomic E-state index is 3.33. The second-order valence-corrected chi connectivity index (χ2v) is 3.17. The fraction of sp³-hybridized carbons (Fsp3) is 0.778. The highest BCUT2D eigenvalue weighted by molar-refractivity contribution is 5.02. The van der Waals surface area contributed by atoms with E-state index < -0.39 is 0 Å². The smallest absolute Gasteiger partial charge is 0.0101 e. The molecule has 0 spiro atoms. The zero-order chi connectivity index (χ0) is 7.40. The van der Waals surface area contributed by atoms with E-state index in [1.807, 2.05) is 0 Å². The van der Waals surface area contributed by atoms with Crippen LogP contribution in [-0.2, 0) is 0 Å². The first-order valence-corrected chi connectivity index (χ1v) is 4.16. The lowest BCUT2D eigenvalue weighted by molar-refractivity contribution is 0.515. The third kappa shape index (κ3) is 2.14. The van der Waals surface area contributed by atoms with Gasteiger partial charge in [-0.1, -0.05) is 11.6 Å². The van der Waals surface area contributed by atoms with E-state index in [1.165, 1.54) is 25.7 Å². The van der Waals surface area contributed by atoms with E-state index in [2.05, 4.69) is 25.4 Å². The first kappa shape index (κ1) is 7.80. The third-order valence-electron chi connectivity index (χ3n) is 2.23. The molecule has 0 radical (unpaired) electrons. The molecule has 1 aliphatic carbocycles. The molecule has 10 heavy (non-hydrogen) atoms. The van der Waals surface area contributed by atoms with Gasteiger partial charge < -0.3 is 5.32 Å². The summed E-state index contributed by atoms with van der Waals surface area (Å²) in [5.41, 5.74) is 1.55. The standard InChI is InChI=1S/C9H17N/c1-8-5-3-4-6-9(7-8)10-2/h5,9-10H,3-4,6-7H2,1-2H3. The number of hydrogen-bond donors (Lipinski definition) is 1. The van der Waals surface area contributed by atoms with E-state index in [0.717, 1.165) is 6.04 Å². The molecule has 1 heteroatoms. The lowest BCUT2D eigenvalue weighted by atomic mass is 10.1. The van der Waals surface area contributed by atoms with Crippen LogP contribution in [0.2, 0.25) is 0 Å². The highest BCUT2D eigenvalue weighted by Crippen LogP contribution is 2.16. The number of nitrogens with one attached hydrogen (secondary N) is 1. The van der Waals surface area contributed by atoms with Crippen molar-refractivity contribution in [3.8, 4) is 0 Å². The molecule has 0 saturated heterocycles. The van der Waals surface area contributed by atoms with Crippen LogP contribution in [0.4, 0.5) is 0 Å². The zero-order valence-corrected chi connectivity index (χ0v) is 6.98. The van der Waals surface area contributed by atoms with Gasteiger partial charge in [-0.15, -0.1) is 0 Å². The molecule has 0 saturated carbocycles. The summed E-state index contributed by atoms with van der Waals surface area (Å²) in [4.78, 5) is 0. The molecule has 1 aliphatic rings. The average molecular weight is 139 g/mol. The molecular weight excluding hydrogens is 122 g/mol. The molecule has 0 aromatic carbocycles. The Labute approximate surface area is 63.5 Å². The molecule has 0 aromatic heterocycles. The highest BCUT2D eigenvalue weighted by atomic mass is 14.9. The number of allylic oxidation sites excluding steroid dienone is 1. The van der Waals surface area contributed by atoms with Crippen LogP contribution in [0.3, 0.4) is 0 Å². The van der Waals surface area contributed by atoms with Crippen LogP contribution < -0.4 is 5.32 Å². The quantitative estimate of drug-likeness (QED) is 0.548. The third-order valence-corrected chi connectivity index (χ3v) is 2.23. The van der Waals surface area contributed by atoms with Gasteiger partial charge in [0, 0.05) is 6.04 Å². The monoisotopic (exact) mass is 139 g/mol. The van der Waals surface area contributed by atoms with Crippen LogP contribution in [0.1, 0.15) is 32.6 Å². The van der Waals surface area contributed by atoms with Gasteiger partial charge in [0.1, 0.15) is 0 Å². The molecule has 1 nitrogen and oxygen atoms in total. The Morgan fingerprint density at radius 1 is 1.60 bits per heavy atom. The van der Waals surface area contributed by atoms with Gasteiger partial charge in [0.15, 0.2) is 0 Å². The number of rotatable bonds is 1. The van der Waals surface area contributed by atoms with Crippen molar-refractivity contribution in [1.29, 1.82) is 0 Å². The number of hydrogen-bond acceptors (Lipinski definition) is 1. The SMILES string of the molecule is CNC1CCCC=C(C)C1. The lowest BCUT2D eigenvalue weighted by Gasteiger charge is -2.12. The van der Waals surface area contributed by atoms with E-state index in [4.69, 9.17) is 0 Å². The van der Waals surface area contributed by atoms with Gasteiger partial charge in [0.05, 0.1) is 0 Å². The van der Waals surface area contributed by atoms with Crippen molar-refractivity contribution in [1.82, 2.24) is 5.32 Å². The lowest BCUT2D eigenvalue weighted by Crippen LogP contribution is -2.24. The Morgan fingerprint density at radius 2 is 2.40 bits per heavy atom. The van der Waals surface area contributed by atoms with Crippen LogP contribution in [0, 0.1) is 0 Å². The first-order valence-electron chi connectivity index (χ1n) is 4.16. The van der Waals surface area contributed by atoms with Crippen molar-refractivity contribution >= 4 is 0 Å². The van der Waals surface area contributed by atoms with Crippen molar-refractivity contribution in [3.05, 3.63) is 11.6 Å². The zero-order valence-electron chi connectivity index (χ0n) is 6.98. The Morgan fingerprint density at radius 3 is 3.10 bits per heavy atom. The molecule has 58 valence electrons. The second kappa shape index (κ2) is 3.77. The molecule has 1 rings (SSSR count). The topological polar surface area (TPSA) is 12.0 Å². The Bertz CT molecular complexity index is 127. The van der Waals surface area contributed by atoms with Crippen LogP contribution in [0.5, 0.6) is 0 Å². The molecule has 1 atom stereocenters. The van der Waals surface area contributed by atoms with Crippen molar-refractivity contribution in [3.63, 3.8) is 0 Å². The summed E-state index contributed by atoms with van der Waals surface area (Å²) < 4.78 is 0. The molecule has 0 aromatic rings. The van der Waals surface area contributed by atoms with Crippen LogP contribution in [-0.4, -0.2) is 13.1 Å². The van der Waals surface area contributed by atoms with Crippen LogP contribution in [0.25, 0.3) is 0 Å². The summed E-state index contributed by atoms with van der Waals surface area (Å²) in [5.74, 6) is 0. The maximum Gasteiger partial charge on any atom is 0.0101 e. The molecule has 0 heterocycles. The summed E-state index contributed by atoms with van der Waals surface area (Å²) in [6.45, 7) is 2.23. The van der Waals surface area contributed by atoms with Crippen LogP contribution in [0.15, 0.2) is 11.6 Å². The first-order chi connectivity index (χ1) is 4.83. The van der Waals surface area contributed by atoms with Gasteiger partial charge in [-0.05, 0) is 39.7 Å². The Hall–Kier alpha value is -0.300. The Kier molecular flexibility index (Phi) is 2.94. The fourth-order valence-corrected chi connectivity index (χ4v) is 1.53. The normalized spacial score (nSPS) is 27.4. The van der Waals surface area contributed by atoms with Gasteiger partial charge in [-0.2, -0.15) is 0 Å². The highest BCUT2D eigenvalue weighted by Gasteiger charge is 2.08. The molecule has 1 N–H and O–H groups in total. The van der Waals surface area contributed by atoms with E-state index in [-0.39, 0.29) is 0 Å². The van der Waals surface area contributed by atoms with E-state index in [1.54, 1.807) is 5.57 Å². The second-order valence-electron chi connectivity index (χ2n) is 3.17. The van der Waals surface area contributed by atoms with E-state index >= 15 is 0 Å². The molecule has 0 aliphatic heterocycles. The van der Waals surface area contributed by atoms with Crippen molar-refractivity contribution in [2.24, 2.45) is 0 Å². The molecule has 0 bridgehead atoms. The van der Waals surface area contributed by atoms with Gasteiger partial charge in [0.2, 0.25) is 0 Å². The van der Waals surface area contributed by atoms with Gasteiger partial charge in [-0.3, -0.25) is 0 Å². The summed E-state index contributed by atoms with van der Waals surface area (Å²) >= 11 is 0.